The van der Waals surface area contributed by atoms with Gasteiger partial charge >= 0.3 is 0 Å². The molecule has 0 spiro atoms. The molecule has 0 saturated carbocycles. The molecular formula is C15H20N2O. The molecule has 1 fully saturated rings. The summed E-state index contributed by atoms with van der Waals surface area (Å²) in [6.07, 6.45) is 4.93. The SMILES string of the molecule is CC1CCCCCN1c1ccc(CO)cc1C#N. The number of hydrogen-bond acceptors (Lipinski definition) is 3. The number of aliphatic hydroxyl groups is 1. The Bertz CT molecular complexity index is 450. The average Bonchev–Trinajstić information content (AvgIpc) is 2.62. The monoisotopic (exact) mass is 244 g/mol. The van der Waals surface area contributed by atoms with Crippen molar-refractivity contribution in [3.8, 4) is 6.07 Å². The van der Waals surface area contributed by atoms with Crippen LogP contribution in [0.15, 0.2) is 18.2 Å². The van der Waals surface area contributed by atoms with E-state index < -0.39 is 0 Å². The molecule has 0 aromatic heterocycles. The van der Waals surface area contributed by atoms with E-state index in [1.807, 2.05) is 12.1 Å². The molecule has 0 bridgehead atoms. The molecule has 3 heteroatoms. The van der Waals surface area contributed by atoms with Gasteiger partial charge in [-0.25, -0.2) is 0 Å². The summed E-state index contributed by atoms with van der Waals surface area (Å²) < 4.78 is 0. The molecule has 1 N–H and O–H groups in total. The third kappa shape index (κ3) is 2.65. The zero-order chi connectivity index (χ0) is 13.0. The number of hydrogen-bond donors (Lipinski definition) is 1. The highest BCUT2D eigenvalue weighted by molar-refractivity contribution is 5.61. The quantitative estimate of drug-likeness (QED) is 0.870. The van der Waals surface area contributed by atoms with Gasteiger partial charge in [0.2, 0.25) is 0 Å². The van der Waals surface area contributed by atoms with Gasteiger partial charge in [0.25, 0.3) is 0 Å². The van der Waals surface area contributed by atoms with Crippen LogP contribution in [0, 0.1) is 11.3 Å². The van der Waals surface area contributed by atoms with E-state index in [4.69, 9.17) is 5.11 Å². The van der Waals surface area contributed by atoms with Gasteiger partial charge in [0.1, 0.15) is 6.07 Å². The second-order valence-electron chi connectivity index (χ2n) is 5.01. The van der Waals surface area contributed by atoms with E-state index in [1.54, 1.807) is 6.07 Å². The van der Waals surface area contributed by atoms with Crippen molar-refractivity contribution in [1.82, 2.24) is 0 Å². The minimum Gasteiger partial charge on any atom is -0.392 e. The van der Waals surface area contributed by atoms with Gasteiger partial charge in [-0.2, -0.15) is 5.26 Å². The predicted molar refractivity (Wildman–Crippen MR) is 72.4 cm³/mol. The Morgan fingerprint density at radius 1 is 1.39 bits per heavy atom. The highest BCUT2D eigenvalue weighted by Gasteiger charge is 2.19. The van der Waals surface area contributed by atoms with Crippen LogP contribution in [-0.2, 0) is 6.61 Å². The summed E-state index contributed by atoms with van der Waals surface area (Å²) in [4.78, 5) is 2.34. The van der Waals surface area contributed by atoms with Gasteiger partial charge < -0.3 is 10.0 Å². The zero-order valence-corrected chi connectivity index (χ0v) is 10.9. The van der Waals surface area contributed by atoms with E-state index in [-0.39, 0.29) is 6.61 Å². The summed E-state index contributed by atoms with van der Waals surface area (Å²) in [7, 11) is 0. The molecule has 1 saturated heterocycles. The van der Waals surface area contributed by atoms with Crippen molar-refractivity contribution in [2.75, 3.05) is 11.4 Å². The summed E-state index contributed by atoms with van der Waals surface area (Å²) in [6, 6.07) is 8.43. The lowest BCUT2D eigenvalue weighted by Crippen LogP contribution is -2.33. The molecule has 1 aromatic rings. The molecule has 96 valence electrons. The lowest BCUT2D eigenvalue weighted by atomic mass is 10.1. The molecule has 18 heavy (non-hydrogen) atoms. The van der Waals surface area contributed by atoms with Crippen LogP contribution in [0.5, 0.6) is 0 Å². The Morgan fingerprint density at radius 2 is 2.22 bits per heavy atom. The van der Waals surface area contributed by atoms with Crippen molar-refractivity contribution < 1.29 is 5.11 Å². The van der Waals surface area contributed by atoms with Crippen LogP contribution in [-0.4, -0.2) is 17.7 Å². The summed E-state index contributed by atoms with van der Waals surface area (Å²) in [5, 5.41) is 18.4. The molecule has 1 aliphatic rings. The Balaban J connectivity index is 2.34. The standard InChI is InChI=1S/C15H20N2O/c1-12-5-3-2-4-8-17(12)15-7-6-13(11-18)9-14(15)10-16/h6-7,9,12,18H,2-5,8,11H2,1H3. The molecule has 3 nitrogen and oxygen atoms in total. The highest BCUT2D eigenvalue weighted by atomic mass is 16.3. The van der Waals surface area contributed by atoms with Crippen molar-refractivity contribution >= 4 is 5.69 Å². The van der Waals surface area contributed by atoms with Crippen LogP contribution in [0.1, 0.15) is 43.7 Å². The summed E-state index contributed by atoms with van der Waals surface area (Å²) in [5.74, 6) is 0. The van der Waals surface area contributed by atoms with Crippen molar-refractivity contribution in [2.45, 2.75) is 45.3 Å². The lowest BCUT2D eigenvalue weighted by Gasteiger charge is -2.30. The molecule has 1 atom stereocenters. The van der Waals surface area contributed by atoms with Gasteiger partial charge in [-0.3, -0.25) is 0 Å². The fourth-order valence-corrected chi connectivity index (χ4v) is 2.65. The van der Waals surface area contributed by atoms with Gasteiger partial charge in [-0.05, 0) is 37.5 Å². The minimum absolute atomic E-state index is 0.00941. The van der Waals surface area contributed by atoms with E-state index in [0.29, 0.717) is 11.6 Å². The molecule has 0 radical (unpaired) electrons. The van der Waals surface area contributed by atoms with Crippen LogP contribution >= 0.6 is 0 Å². The van der Waals surface area contributed by atoms with Gasteiger partial charge in [0, 0.05) is 12.6 Å². The molecule has 1 unspecified atom stereocenters. The maximum absolute atomic E-state index is 9.27. The van der Waals surface area contributed by atoms with Crippen LogP contribution < -0.4 is 4.90 Å². The Morgan fingerprint density at radius 3 is 2.94 bits per heavy atom. The Labute approximate surface area is 109 Å². The normalized spacial score (nSPS) is 20.3. The first-order chi connectivity index (χ1) is 8.76. The first-order valence-electron chi connectivity index (χ1n) is 6.67. The molecule has 1 aromatic carbocycles. The largest absolute Gasteiger partial charge is 0.392 e. The van der Waals surface area contributed by atoms with E-state index >= 15 is 0 Å². The third-order valence-corrected chi connectivity index (χ3v) is 3.73. The van der Waals surface area contributed by atoms with Crippen molar-refractivity contribution in [1.29, 1.82) is 5.26 Å². The molecule has 0 amide bonds. The van der Waals surface area contributed by atoms with E-state index in [9.17, 15) is 5.26 Å². The average molecular weight is 244 g/mol. The predicted octanol–water partition coefficient (Wildman–Crippen LogP) is 2.82. The van der Waals surface area contributed by atoms with E-state index in [2.05, 4.69) is 17.9 Å². The second-order valence-corrected chi connectivity index (χ2v) is 5.01. The number of rotatable bonds is 2. The second kappa shape index (κ2) is 5.88. The molecule has 1 aliphatic heterocycles. The summed E-state index contributed by atoms with van der Waals surface area (Å²) in [5.41, 5.74) is 2.50. The smallest absolute Gasteiger partial charge is 0.101 e. The number of nitriles is 1. The summed E-state index contributed by atoms with van der Waals surface area (Å²) in [6.45, 7) is 3.24. The molecule has 0 aliphatic carbocycles. The topological polar surface area (TPSA) is 47.3 Å². The number of anilines is 1. The van der Waals surface area contributed by atoms with E-state index in [1.165, 1.54) is 25.7 Å². The van der Waals surface area contributed by atoms with Gasteiger partial charge in [0.15, 0.2) is 0 Å². The number of aliphatic hydroxyl groups excluding tert-OH is 1. The molecular weight excluding hydrogens is 224 g/mol. The van der Waals surface area contributed by atoms with Gasteiger partial charge in [-0.1, -0.05) is 18.9 Å². The first-order valence-corrected chi connectivity index (χ1v) is 6.67. The lowest BCUT2D eigenvalue weighted by molar-refractivity contribution is 0.282. The van der Waals surface area contributed by atoms with Crippen LogP contribution in [0.25, 0.3) is 0 Å². The maximum Gasteiger partial charge on any atom is 0.101 e. The summed E-state index contributed by atoms with van der Waals surface area (Å²) >= 11 is 0. The minimum atomic E-state index is -0.00941. The van der Waals surface area contributed by atoms with Crippen molar-refractivity contribution in [3.05, 3.63) is 29.3 Å². The zero-order valence-electron chi connectivity index (χ0n) is 10.9. The first kappa shape index (κ1) is 12.9. The fraction of sp³-hybridized carbons (Fsp3) is 0.533. The molecule has 1 heterocycles. The van der Waals surface area contributed by atoms with Crippen LogP contribution in [0.3, 0.4) is 0 Å². The van der Waals surface area contributed by atoms with Crippen LogP contribution in [0.4, 0.5) is 5.69 Å². The van der Waals surface area contributed by atoms with Gasteiger partial charge in [-0.15, -0.1) is 0 Å². The van der Waals surface area contributed by atoms with Crippen molar-refractivity contribution in [3.63, 3.8) is 0 Å². The van der Waals surface area contributed by atoms with Crippen LogP contribution in [0.2, 0.25) is 0 Å². The fourth-order valence-electron chi connectivity index (χ4n) is 2.65. The Kier molecular flexibility index (Phi) is 4.22. The van der Waals surface area contributed by atoms with Gasteiger partial charge in [0.05, 0.1) is 17.9 Å². The third-order valence-electron chi connectivity index (χ3n) is 3.73. The van der Waals surface area contributed by atoms with E-state index in [0.717, 1.165) is 17.8 Å². The van der Waals surface area contributed by atoms with Crippen molar-refractivity contribution in [2.24, 2.45) is 0 Å². The number of nitrogens with zero attached hydrogens (tertiary/aromatic N) is 2. The number of benzene rings is 1. The Hall–Kier alpha value is -1.53. The maximum atomic E-state index is 9.27. The molecule has 2 rings (SSSR count). The highest BCUT2D eigenvalue weighted by Crippen LogP contribution is 2.27.